The van der Waals surface area contributed by atoms with Gasteiger partial charge in [0.15, 0.2) is 0 Å². The number of imidazole rings is 1. The zero-order valence-electron chi connectivity index (χ0n) is 11.6. The van der Waals surface area contributed by atoms with Crippen LogP contribution in [0.2, 0.25) is 0 Å². The van der Waals surface area contributed by atoms with Gasteiger partial charge in [-0.05, 0) is 25.1 Å². The molecular formula is C13H19N3O2S. The average molecular weight is 281 g/mol. The molecule has 0 radical (unpaired) electrons. The molecule has 6 heteroatoms. The Balaban J connectivity index is 2.41. The Morgan fingerprint density at radius 3 is 2.58 bits per heavy atom. The number of H-pyrrole nitrogens is 1. The minimum absolute atomic E-state index is 0.0568. The van der Waals surface area contributed by atoms with Gasteiger partial charge in [0.1, 0.15) is 5.82 Å². The Kier molecular flexibility index (Phi) is 3.30. The first-order valence-corrected chi connectivity index (χ1v) is 7.87. The van der Waals surface area contributed by atoms with Gasteiger partial charge in [-0.3, -0.25) is 4.72 Å². The van der Waals surface area contributed by atoms with Gasteiger partial charge in [0.2, 0.25) is 10.0 Å². The van der Waals surface area contributed by atoms with Crippen LogP contribution >= 0.6 is 0 Å². The maximum absolute atomic E-state index is 11.5. The number of anilines is 1. The van der Waals surface area contributed by atoms with Crippen LogP contribution in [-0.2, 0) is 15.4 Å². The molecule has 1 aromatic heterocycles. The SMILES string of the molecule is CCS(=O)(=O)Nc1ccc2nc(C(C)(C)C)[nH]c2c1. The molecule has 19 heavy (non-hydrogen) atoms. The molecule has 0 spiro atoms. The highest BCUT2D eigenvalue weighted by atomic mass is 32.2. The first-order valence-electron chi connectivity index (χ1n) is 6.22. The second-order valence-corrected chi connectivity index (χ2v) is 7.58. The fourth-order valence-corrected chi connectivity index (χ4v) is 2.31. The van der Waals surface area contributed by atoms with E-state index in [2.05, 4.69) is 35.5 Å². The summed E-state index contributed by atoms with van der Waals surface area (Å²) in [6.45, 7) is 7.83. The smallest absolute Gasteiger partial charge is 0.232 e. The van der Waals surface area contributed by atoms with Crippen LogP contribution in [0.5, 0.6) is 0 Å². The standard InChI is InChI=1S/C13H19N3O2S/c1-5-19(17,18)16-9-6-7-10-11(8-9)15-12(14-10)13(2,3)4/h6-8,16H,5H2,1-4H3,(H,14,15). The molecule has 2 aromatic rings. The number of nitrogens with zero attached hydrogens (tertiary/aromatic N) is 1. The normalized spacial score (nSPS) is 12.8. The van der Waals surface area contributed by atoms with Crippen molar-refractivity contribution in [1.82, 2.24) is 9.97 Å². The van der Waals surface area contributed by atoms with Crippen molar-refractivity contribution in [1.29, 1.82) is 0 Å². The number of rotatable bonds is 3. The van der Waals surface area contributed by atoms with Crippen molar-refractivity contribution in [2.24, 2.45) is 0 Å². The number of aromatic amines is 1. The molecule has 0 unspecified atom stereocenters. The van der Waals surface area contributed by atoms with Gasteiger partial charge < -0.3 is 4.98 Å². The van der Waals surface area contributed by atoms with Crippen molar-refractivity contribution in [3.63, 3.8) is 0 Å². The Hall–Kier alpha value is -1.56. The lowest BCUT2D eigenvalue weighted by molar-refractivity contribution is 0.554. The molecule has 0 bridgehead atoms. The lowest BCUT2D eigenvalue weighted by atomic mass is 9.96. The first-order chi connectivity index (χ1) is 8.71. The third kappa shape index (κ3) is 3.07. The van der Waals surface area contributed by atoms with Crippen LogP contribution < -0.4 is 4.72 Å². The van der Waals surface area contributed by atoms with E-state index in [0.29, 0.717) is 5.69 Å². The van der Waals surface area contributed by atoms with Gasteiger partial charge in [-0.1, -0.05) is 20.8 Å². The molecule has 1 heterocycles. The van der Waals surface area contributed by atoms with Gasteiger partial charge in [-0.25, -0.2) is 13.4 Å². The van der Waals surface area contributed by atoms with Crippen LogP contribution in [0.4, 0.5) is 5.69 Å². The molecule has 1 aromatic carbocycles. The molecule has 104 valence electrons. The predicted molar refractivity (Wildman–Crippen MR) is 77.9 cm³/mol. The number of fused-ring (bicyclic) bond motifs is 1. The fourth-order valence-electron chi connectivity index (χ4n) is 1.68. The molecule has 0 saturated carbocycles. The molecule has 2 N–H and O–H groups in total. The van der Waals surface area contributed by atoms with Crippen molar-refractivity contribution in [2.45, 2.75) is 33.1 Å². The second kappa shape index (κ2) is 4.52. The second-order valence-electron chi connectivity index (χ2n) is 5.57. The highest BCUT2D eigenvalue weighted by Gasteiger charge is 2.18. The van der Waals surface area contributed by atoms with Crippen molar-refractivity contribution in [3.8, 4) is 0 Å². The van der Waals surface area contributed by atoms with E-state index in [4.69, 9.17) is 0 Å². The van der Waals surface area contributed by atoms with Crippen LogP contribution in [0.1, 0.15) is 33.5 Å². The van der Waals surface area contributed by atoms with E-state index in [1.807, 2.05) is 6.07 Å². The maximum Gasteiger partial charge on any atom is 0.232 e. The summed E-state index contributed by atoms with van der Waals surface area (Å²) in [5.74, 6) is 0.944. The predicted octanol–water partition coefficient (Wildman–Crippen LogP) is 2.62. The number of sulfonamides is 1. The molecular weight excluding hydrogens is 262 g/mol. The van der Waals surface area contributed by atoms with E-state index in [9.17, 15) is 8.42 Å². The third-order valence-corrected chi connectivity index (χ3v) is 4.15. The minimum atomic E-state index is -3.25. The van der Waals surface area contributed by atoms with Crippen LogP contribution in [-0.4, -0.2) is 24.1 Å². The summed E-state index contributed by atoms with van der Waals surface area (Å²) < 4.78 is 25.6. The number of aromatic nitrogens is 2. The van der Waals surface area contributed by atoms with Gasteiger partial charge in [0, 0.05) is 5.41 Å². The largest absolute Gasteiger partial charge is 0.341 e. The number of benzene rings is 1. The van der Waals surface area contributed by atoms with Crippen LogP contribution in [0.3, 0.4) is 0 Å². The Bertz CT molecular complexity index is 696. The lowest BCUT2D eigenvalue weighted by Gasteiger charge is -2.13. The summed E-state index contributed by atoms with van der Waals surface area (Å²) in [4.78, 5) is 7.74. The van der Waals surface area contributed by atoms with E-state index in [-0.39, 0.29) is 11.2 Å². The van der Waals surface area contributed by atoms with Gasteiger partial charge in [-0.15, -0.1) is 0 Å². The third-order valence-electron chi connectivity index (χ3n) is 2.85. The van der Waals surface area contributed by atoms with E-state index in [1.165, 1.54) is 0 Å². The molecule has 0 saturated heterocycles. The Morgan fingerprint density at radius 1 is 1.32 bits per heavy atom. The van der Waals surface area contributed by atoms with Gasteiger partial charge >= 0.3 is 0 Å². The molecule has 0 aliphatic carbocycles. The molecule has 0 amide bonds. The fraction of sp³-hybridized carbons (Fsp3) is 0.462. The van der Waals surface area contributed by atoms with Crippen molar-refractivity contribution in [2.75, 3.05) is 10.5 Å². The zero-order valence-corrected chi connectivity index (χ0v) is 12.4. The number of nitrogens with one attached hydrogen (secondary N) is 2. The van der Waals surface area contributed by atoms with Crippen molar-refractivity contribution < 1.29 is 8.42 Å². The van der Waals surface area contributed by atoms with E-state index in [1.54, 1.807) is 19.1 Å². The lowest BCUT2D eigenvalue weighted by Crippen LogP contribution is -2.14. The monoisotopic (exact) mass is 281 g/mol. The summed E-state index contributed by atoms with van der Waals surface area (Å²) >= 11 is 0. The molecule has 0 aliphatic heterocycles. The quantitative estimate of drug-likeness (QED) is 0.908. The molecule has 0 fully saturated rings. The maximum atomic E-state index is 11.5. The van der Waals surface area contributed by atoms with Crippen LogP contribution in [0, 0.1) is 0 Å². The van der Waals surface area contributed by atoms with E-state index in [0.717, 1.165) is 16.9 Å². The summed E-state index contributed by atoms with van der Waals surface area (Å²) in [6, 6.07) is 5.31. The molecule has 0 atom stereocenters. The van der Waals surface area contributed by atoms with Crippen LogP contribution in [0.15, 0.2) is 18.2 Å². The number of hydrogen-bond acceptors (Lipinski definition) is 3. The summed E-state index contributed by atoms with van der Waals surface area (Å²) in [5.41, 5.74) is 2.16. The van der Waals surface area contributed by atoms with Gasteiger partial charge in [-0.2, -0.15) is 0 Å². The zero-order chi connectivity index (χ0) is 14.3. The molecule has 5 nitrogen and oxygen atoms in total. The van der Waals surface area contributed by atoms with Crippen LogP contribution in [0.25, 0.3) is 11.0 Å². The van der Waals surface area contributed by atoms with E-state index >= 15 is 0 Å². The Labute approximate surface area is 113 Å². The molecule has 0 aliphatic rings. The average Bonchev–Trinajstić information content (AvgIpc) is 2.71. The first kappa shape index (κ1) is 13.9. The molecule has 2 rings (SSSR count). The topological polar surface area (TPSA) is 74.8 Å². The van der Waals surface area contributed by atoms with Crippen molar-refractivity contribution in [3.05, 3.63) is 24.0 Å². The Morgan fingerprint density at radius 2 is 2.00 bits per heavy atom. The summed E-state index contributed by atoms with van der Waals surface area (Å²) in [7, 11) is -3.25. The van der Waals surface area contributed by atoms with E-state index < -0.39 is 10.0 Å². The summed E-state index contributed by atoms with van der Waals surface area (Å²) in [5, 5.41) is 0. The highest BCUT2D eigenvalue weighted by Crippen LogP contribution is 2.24. The summed E-state index contributed by atoms with van der Waals surface area (Å²) in [6.07, 6.45) is 0. The highest BCUT2D eigenvalue weighted by molar-refractivity contribution is 7.92. The van der Waals surface area contributed by atoms with Crippen molar-refractivity contribution >= 4 is 26.7 Å². The minimum Gasteiger partial charge on any atom is -0.341 e. The van der Waals surface area contributed by atoms with Gasteiger partial charge in [0.05, 0.1) is 22.5 Å². The van der Waals surface area contributed by atoms with Gasteiger partial charge in [0.25, 0.3) is 0 Å². The number of hydrogen-bond donors (Lipinski definition) is 2.